The molecule has 1 fully saturated rings. The number of carbonyl (C=O) groups is 3. The van der Waals surface area contributed by atoms with E-state index in [0.29, 0.717) is 12.5 Å². The Morgan fingerprint density at radius 3 is 2.26 bits per heavy atom. The van der Waals surface area contributed by atoms with Crippen LogP contribution in [0.15, 0.2) is 0 Å². The second-order valence-electron chi connectivity index (χ2n) is 5.41. The monoisotopic (exact) mass is 271 g/mol. The Hall–Kier alpha value is -1.79. The third-order valence-corrected chi connectivity index (χ3v) is 3.73. The van der Waals surface area contributed by atoms with E-state index in [9.17, 15) is 14.4 Å². The van der Waals surface area contributed by atoms with Crippen LogP contribution in [0.4, 0.5) is 4.79 Å². The van der Waals surface area contributed by atoms with E-state index in [1.807, 2.05) is 0 Å². The SMILES string of the molecule is CC(C)C1(CNC(=O)N[C@@H](CC(N)=O)C(=O)O)CC1. The molecule has 0 aromatic rings. The standard InChI is InChI=1S/C12H21N3O4/c1-7(2)12(3-4-12)6-14-11(19)15-8(10(17)18)5-9(13)16/h7-8H,3-6H2,1-2H3,(H2,13,16)(H,17,18)(H2,14,15,19)/t8-/m0/s1. The van der Waals surface area contributed by atoms with E-state index in [1.165, 1.54) is 0 Å². The first-order valence-electron chi connectivity index (χ1n) is 6.32. The summed E-state index contributed by atoms with van der Waals surface area (Å²) in [5, 5.41) is 13.7. The predicted octanol–water partition coefficient (Wildman–Crippen LogP) is 0.0504. The Labute approximate surface area is 111 Å². The van der Waals surface area contributed by atoms with Crippen LogP contribution in [0.1, 0.15) is 33.1 Å². The lowest BCUT2D eigenvalue weighted by atomic mass is 9.92. The van der Waals surface area contributed by atoms with Crippen molar-refractivity contribution in [2.75, 3.05) is 6.54 Å². The number of carboxylic acid groups (broad SMARTS) is 1. The molecular weight excluding hydrogens is 250 g/mol. The number of aliphatic carboxylic acids is 1. The van der Waals surface area contributed by atoms with Crippen molar-refractivity contribution >= 4 is 17.9 Å². The molecule has 108 valence electrons. The highest BCUT2D eigenvalue weighted by Gasteiger charge is 2.45. The van der Waals surface area contributed by atoms with Gasteiger partial charge in [0.05, 0.1) is 6.42 Å². The summed E-state index contributed by atoms with van der Waals surface area (Å²) in [6.07, 6.45) is 1.71. The summed E-state index contributed by atoms with van der Waals surface area (Å²) in [5.41, 5.74) is 5.06. The highest BCUT2D eigenvalue weighted by atomic mass is 16.4. The summed E-state index contributed by atoms with van der Waals surface area (Å²) in [6, 6.07) is -1.87. The lowest BCUT2D eigenvalue weighted by Crippen LogP contribution is -2.49. The Kier molecular flexibility index (Phi) is 4.74. The smallest absolute Gasteiger partial charge is 0.326 e. The minimum Gasteiger partial charge on any atom is -0.480 e. The van der Waals surface area contributed by atoms with E-state index in [2.05, 4.69) is 24.5 Å². The number of carboxylic acids is 1. The van der Waals surface area contributed by atoms with Gasteiger partial charge in [-0.25, -0.2) is 9.59 Å². The minimum atomic E-state index is -1.29. The lowest BCUT2D eigenvalue weighted by Gasteiger charge is -2.21. The Morgan fingerprint density at radius 1 is 1.32 bits per heavy atom. The van der Waals surface area contributed by atoms with Crippen LogP contribution in [-0.2, 0) is 9.59 Å². The van der Waals surface area contributed by atoms with Crippen molar-refractivity contribution in [2.45, 2.75) is 39.2 Å². The Morgan fingerprint density at radius 2 is 1.89 bits per heavy atom. The molecule has 1 aliphatic rings. The van der Waals surface area contributed by atoms with E-state index >= 15 is 0 Å². The molecule has 0 spiro atoms. The normalized spacial score (nSPS) is 17.6. The molecule has 7 heteroatoms. The van der Waals surface area contributed by atoms with Gasteiger partial charge >= 0.3 is 12.0 Å². The van der Waals surface area contributed by atoms with Crippen molar-refractivity contribution in [3.63, 3.8) is 0 Å². The molecule has 0 aromatic carbocycles. The van der Waals surface area contributed by atoms with Crippen molar-refractivity contribution < 1.29 is 19.5 Å². The highest BCUT2D eigenvalue weighted by Crippen LogP contribution is 2.51. The number of rotatable bonds is 7. The molecule has 1 aliphatic carbocycles. The Balaban J connectivity index is 2.41. The summed E-state index contributed by atoms with van der Waals surface area (Å²) < 4.78 is 0. The number of carbonyl (C=O) groups excluding carboxylic acids is 2. The van der Waals surface area contributed by atoms with Crippen LogP contribution in [0.25, 0.3) is 0 Å². The van der Waals surface area contributed by atoms with Crippen LogP contribution in [0.2, 0.25) is 0 Å². The van der Waals surface area contributed by atoms with Gasteiger partial charge in [-0.2, -0.15) is 0 Å². The molecule has 0 unspecified atom stereocenters. The zero-order valence-electron chi connectivity index (χ0n) is 11.2. The molecule has 0 saturated heterocycles. The van der Waals surface area contributed by atoms with E-state index < -0.39 is 30.4 Å². The summed E-state index contributed by atoms with van der Waals surface area (Å²) in [7, 11) is 0. The number of hydrogen-bond donors (Lipinski definition) is 4. The van der Waals surface area contributed by atoms with Gasteiger partial charge in [0.25, 0.3) is 0 Å². The summed E-state index contributed by atoms with van der Waals surface area (Å²) in [6.45, 7) is 4.71. The quantitative estimate of drug-likeness (QED) is 0.522. The molecule has 1 saturated carbocycles. The van der Waals surface area contributed by atoms with Gasteiger partial charge in [0, 0.05) is 6.54 Å². The van der Waals surface area contributed by atoms with Crippen LogP contribution < -0.4 is 16.4 Å². The van der Waals surface area contributed by atoms with E-state index in [-0.39, 0.29) is 5.41 Å². The largest absolute Gasteiger partial charge is 0.480 e. The molecule has 1 atom stereocenters. The van der Waals surface area contributed by atoms with Crippen LogP contribution in [0, 0.1) is 11.3 Å². The van der Waals surface area contributed by atoms with E-state index in [1.54, 1.807) is 0 Å². The zero-order chi connectivity index (χ0) is 14.6. The van der Waals surface area contributed by atoms with Gasteiger partial charge in [-0.3, -0.25) is 4.79 Å². The number of amides is 3. The van der Waals surface area contributed by atoms with Gasteiger partial charge in [0.15, 0.2) is 0 Å². The number of nitrogens with two attached hydrogens (primary N) is 1. The fourth-order valence-corrected chi connectivity index (χ4v) is 1.99. The predicted molar refractivity (Wildman–Crippen MR) is 68.3 cm³/mol. The van der Waals surface area contributed by atoms with Crippen molar-refractivity contribution in [3.05, 3.63) is 0 Å². The molecule has 0 aliphatic heterocycles. The number of primary amides is 1. The molecule has 19 heavy (non-hydrogen) atoms. The van der Waals surface area contributed by atoms with Gasteiger partial charge in [-0.1, -0.05) is 13.8 Å². The highest BCUT2D eigenvalue weighted by molar-refractivity contribution is 5.87. The molecule has 0 aromatic heterocycles. The second-order valence-corrected chi connectivity index (χ2v) is 5.41. The first-order valence-corrected chi connectivity index (χ1v) is 6.32. The van der Waals surface area contributed by atoms with Crippen molar-refractivity contribution in [1.29, 1.82) is 0 Å². The second kappa shape index (κ2) is 5.90. The molecule has 1 rings (SSSR count). The van der Waals surface area contributed by atoms with Gasteiger partial charge in [0.1, 0.15) is 6.04 Å². The van der Waals surface area contributed by atoms with Crippen LogP contribution in [-0.4, -0.2) is 35.6 Å². The van der Waals surface area contributed by atoms with Crippen LogP contribution >= 0.6 is 0 Å². The maximum atomic E-state index is 11.6. The van der Waals surface area contributed by atoms with Gasteiger partial charge < -0.3 is 21.5 Å². The van der Waals surface area contributed by atoms with Gasteiger partial charge in [0.2, 0.25) is 5.91 Å². The molecule has 5 N–H and O–H groups in total. The lowest BCUT2D eigenvalue weighted by molar-refractivity contribution is -0.140. The van der Waals surface area contributed by atoms with Crippen LogP contribution in [0.3, 0.4) is 0 Å². The van der Waals surface area contributed by atoms with E-state index in [4.69, 9.17) is 10.8 Å². The van der Waals surface area contributed by atoms with Gasteiger partial charge in [-0.05, 0) is 24.2 Å². The third kappa shape index (κ3) is 4.42. The summed E-state index contributed by atoms with van der Waals surface area (Å²) in [4.78, 5) is 33.1. The maximum Gasteiger partial charge on any atom is 0.326 e. The zero-order valence-corrected chi connectivity index (χ0v) is 11.2. The molecule has 7 nitrogen and oxygen atoms in total. The summed E-state index contributed by atoms with van der Waals surface area (Å²) in [5.74, 6) is -1.58. The van der Waals surface area contributed by atoms with Crippen LogP contribution in [0.5, 0.6) is 0 Å². The van der Waals surface area contributed by atoms with Crippen molar-refractivity contribution in [2.24, 2.45) is 17.1 Å². The summed E-state index contributed by atoms with van der Waals surface area (Å²) >= 11 is 0. The average molecular weight is 271 g/mol. The number of hydrogen-bond acceptors (Lipinski definition) is 3. The average Bonchev–Trinajstić information content (AvgIpc) is 3.05. The van der Waals surface area contributed by atoms with Gasteiger partial charge in [-0.15, -0.1) is 0 Å². The molecule has 0 heterocycles. The van der Waals surface area contributed by atoms with E-state index in [0.717, 1.165) is 12.8 Å². The fourth-order valence-electron chi connectivity index (χ4n) is 1.99. The van der Waals surface area contributed by atoms with Crippen molar-refractivity contribution in [1.82, 2.24) is 10.6 Å². The topological polar surface area (TPSA) is 122 Å². The maximum absolute atomic E-state index is 11.6. The third-order valence-electron chi connectivity index (χ3n) is 3.73. The van der Waals surface area contributed by atoms with Crippen molar-refractivity contribution in [3.8, 4) is 0 Å². The minimum absolute atomic E-state index is 0.139. The molecule has 0 radical (unpaired) electrons. The molecule has 3 amide bonds. The number of nitrogens with one attached hydrogen (secondary N) is 2. The fraction of sp³-hybridized carbons (Fsp3) is 0.750. The number of urea groups is 1. The molecular formula is C12H21N3O4. The first kappa shape index (κ1) is 15.3. The molecule has 0 bridgehead atoms. The first-order chi connectivity index (χ1) is 8.77. The Bertz CT molecular complexity index is 377.